The Morgan fingerprint density at radius 3 is 2.52 bits per heavy atom. The van der Waals surface area contributed by atoms with E-state index in [1.807, 2.05) is 24.3 Å². The highest BCUT2D eigenvalue weighted by Gasteiger charge is 2.22. The van der Waals surface area contributed by atoms with E-state index < -0.39 is 0 Å². The first kappa shape index (κ1) is 22.1. The number of ether oxygens (including phenoxy) is 2. The number of nitrogens with zero attached hydrogens (tertiary/aromatic N) is 2. The molecule has 4 rings (SSSR count). The Hall–Kier alpha value is -2.15. The molecular formula is C25H35N3O3. The van der Waals surface area contributed by atoms with Crippen LogP contribution in [-0.2, 0) is 4.74 Å². The third-order valence-electron chi connectivity index (χ3n) is 6.40. The zero-order chi connectivity index (χ0) is 21.6. The summed E-state index contributed by atoms with van der Waals surface area (Å²) in [5.74, 6) is 0.894. The Morgan fingerprint density at radius 2 is 1.77 bits per heavy atom. The van der Waals surface area contributed by atoms with Crippen LogP contribution in [0.25, 0.3) is 10.8 Å². The number of hydrogen-bond donors (Lipinski definition) is 1. The van der Waals surface area contributed by atoms with E-state index in [-0.39, 0.29) is 12.0 Å². The molecule has 31 heavy (non-hydrogen) atoms. The average molecular weight is 426 g/mol. The summed E-state index contributed by atoms with van der Waals surface area (Å²) in [4.78, 5) is 17.4. The molecule has 2 fully saturated rings. The SMILES string of the molecule is CC(C)N1CCC(Oc2ccc3cc(C(=O)NCCN4CCOCC4)ccc3c2)CC1. The number of morpholine rings is 1. The molecule has 2 aliphatic heterocycles. The summed E-state index contributed by atoms with van der Waals surface area (Å²) in [6, 6.07) is 12.6. The van der Waals surface area contributed by atoms with E-state index in [4.69, 9.17) is 9.47 Å². The van der Waals surface area contributed by atoms with Crippen molar-refractivity contribution in [1.29, 1.82) is 0 Å². The number of amides is 1. The van der Waals surface area contributed by atoms with Crippen LogP contribution in [0.4, 0.5) is 0 Å². The maximum atomic E-state index is 12.6. The van der Waals surface area contributed by atoms with Gasteiger partial charge in [0.2, 0.25) is 0 Å². The van der Waals surface area contributed by atoms with E-state index in [0.29, 0.717) is 18.2 Å². The van der Waals surface area contributed by atoms with Crippen molar-refractivity contribution in [2.24, 2.45) is 0 Å². The summed E-state index contributed by atoms with van der Waals surface area (Å²) in [6.45, 7) is 11.6. The zero-order valence-electron chi connectivity index (χ0n) is 18.8. The fourth-order valence-electron chi connectivity index (χ4n) is 4.40. The van der Waals surface area contributed by atoms with Gasteiger partial charge >= 0.3 is 0 Å². The summed E-state index contributed by atoms with van der Waals surface area (Å²) < 4.78 is 11.6. The lowest BCUT2D eigenvalue weighted by Crippen LogP contribution is -2.41. The van der Waals surface area contributed by atoms with Crippen molar-refractivity contribution in [3.8, 4) is 5.75 Å². The monoisotopic (exact) mass is 425 g/mol. The van der Waals surface area contributed by atoms with Crippen LogP contribution in [0.5, 0.6) is 5.75 Å². The molecule has 2 heterocycles. The maximum absolute atomic E-state index is 12.6. The maximum Gasteiger partial charge on any atom is 0.251 e. The Morgan fingerprint density at radius 1 is 1.06 bits per heavy atom. The third-order valence-corrected chi connectivity index (χ3v) is 6.40. The molecule has 168 valence electrons. The van der Waals surface area contributed by atoms with Gasteiger partial charge in [0.25, 0.3) is 5.91 Å². The van der Waals surface area contributed by atoms with E-state index in [0.717, 1.165) is 75.3 Å². The van der Waals surface area contributed by atoms with Crippen molar-refractivity contribution in [2.75, 3.05) is 52.5 Å². The van der Waals surface area contributed by atoms with E-state index >= 15 is 0 Å². The number of fused-ring (bicyclic) bond motifs is 1. The molecule has 0 bridgehead atoms. The van der Waals surface area contributed by atoms with Crippen LogP contribution >= 0.6 is 0 Å². The van der Waals surface area contributed by atoms with Crippen LogP contribution in [0.15, 0.2) is 36.4 Å². The van der Waals surface area contributed by atoms with Crippen molar-refractivity contribution < 1.29 is 14.3 Å². The van der Waals surface area contributed by atoms with Gasteiger partial charge in [0, 0.05) is 50.9 Å². The topological polar surface area (TPSA) is 54.0 Å². The second-order valence-electron chi connectivity index (χ2n) is 8.88. The smallest absolute Gasteiger partial charge is 0.251 e. The van der Waals surface area contributed by atoms with E-state index in [9.17, 15) is 4.79 Å². The highest BCUT2D eigenvalue weighted by Crippen LogP contribution is 2.25. The van der Waals surface area contributed by atoms with Crippen LogP contribution < -0.4 is 10.1 Å². The fraction of sp³-hybridized carbons (Fsp3) is 0.560. The molecule has 2 aliphatic rings. The van der Waals surface area contributed by atoms with Gasteiger partial charge in [-0.05, 0) is 61.7 Å². The van der Waals surface area contributed by atoms with Crippen molar-refractivity contribution in [3.63, 3.8) is 0 Å². The molecule has 0 aromatic heterocycles. The average Bonchev–Trinajstić information content (AvgIpc) is 2.79. The molecule has 0 radical (unpaired) electrons. The quantitative estimate of drug-likeness (QED) is 0.739. The zero-order valence-corrected chi connectivity index (χ0v) is 18.8. The molecule has 2 aromatic carbocycles. The van der Waals surface area contributed by atoms with Crippen molar-refractivity contribution in [1.82, 2.24) is 15.1 Å². The first-order valence-corrected chi connectivity index (χ1v) is 11.6. The second-order valence-corrected chi connectivity index (χ2v) is 8.88. The second kappa shape index (κ2) is 10.4. The molecule has 1 N–H and O–H groups in total. The van der Waals surface area contributed by atoms with Crippen molar-refractivity contribution >= 4 is 16.7 Å². The number of benzene rings is 2. The minimum atomic E-state index is -0.0209. The molecule has 1 amide bonds. The van der Waals surface area contributed by atoms with Crippen LogP contribution in [0, 0.1) is 0 Å². The van der Waals surface area contributed by atoms with Gasteiger partial charge in [-0.25, -0.2) is 0 Å². The highest BCUT2D eigenvalue weighted by molar-refractivity contribution is 5.98. The van der Waals surface area contributed by atoms with Gasteiger partial charge in [-0.3, -0.25) is 9.69 Å². The molecule has 0 spiro atoms. The minimum absolute atomic E-state index is 0.0209. The summed E-state index contributed by atoms with van der Waals surface area (Å²) in [6.07, 6.45) is 2.42. The normalized spacial score (nSPS) is 19.1. The van der Waals surface area contributed by atoms with Crippen LogP contribution in [0.1, 0.15) is 37.0 Å². The number of carbonyl (C=O) groups is 1. The molecule has 6 nitrogen and oxygen atoms in total. The van der Waals surface area contributed by atoms with Crippen LogP contribution in [0.3, 0.4) is 0 Å². The van der Waals surface area contributed by atoms with Gasteiger partial charge in [-0.2, -0.15) is 0 Å². The Bertz CT molecular complexity index is 871. The van der Waals surface area contributed by atoms with Crippen LogP contribution in [0.2, 0.25) is 0 Å². The molecule has 0 unspecified atom stereocenters. The van der Waals surface area contributed by atoms with E-state index in [2.05, 4.69) is 41.1 Å². The lowest BCUT2D eigenvalue weighted by molar-refractivity contribution is 0.0383. The van der Waals surface area contributed by atoms with Gasteiger partial charge in [-0.1, -0.05) is 12.1 Å². The summed E-state index contributed by atoms with van der Waals surface area (Å²) in [7, 11) is 0. The number of likely N-dealkylation sites (tertiary alicyclic amines) is 1. The van der Waals surface area contributed by atoms with Gasteiger partial charge in [-0.15, -0.1) is 0 Å². The van der Waals surface area contributed by atoms with Gasteiger partial charge in [0.05, 0.1) is 13.2 Å². The highest BCUT2D eigenvalue weighted by atomic mass is 16.5. The van der Waals surface area contributed by atoms with Crippen LogP contribution in [-0.4, -0.2) is 80.3 Å². The summed E-state index contributed by atoms with van der Waals surface area (Å²) in [5, 5.41) is 5.20. The number of piperidine rings is 1. The number of carbonyl (C=O) groups excluding carboxylic acids is 1. The fourth-order valence-corrected chi connectivity index (χ4v) is 4.40. The summed E-state index contributed by atoms with van der Waals surface area (Å²) >= 11 is 0. The summed E-state index contributed by atoms with van der Waals surface area (Å²) in [5.41, 5.74) is 0.698. The predicted octanol–water partition coefficient (Wildman–Crippen LogP) is 3.15. The molecule has 6 heteroatoms. The minimum Gasteiger partial charge on any atom is -0.490 e. The van der Waals surface area contributed by atoms with Crippen molar-refractivity contribution in [2.45, 2.75) is 38.8 Å². The lowest BCUT2D eigenvalue weighted by Gasteiger charge is -2.34. The Balaban J connectivity index is 1.30. The number of hydrogen-bond acceptors (Lipinski definition) is 5. The Labute approximate surface area is 185 Å². The number of rotatable bonds is 7. The van der Waals surface area contributed by atoms with Gasteiger partial charge < -0.3 is 19.7 Å². The van der Waals surface area contributed by atoms with Gasteiger partial charge in [0.15, 0.2) is 0 Å². The molecular weight excluding hydrogens is 390 g/mol. The van der Waals surface area contributed by atoms with E-state index in [1.165, 1.54) is 0 Å². The Kier molecular flexibility index (Phi) is 7.43. The molecule has 0 aliphatic carbocycles. The van der Waals surface area contributed by atoms with E-state index in [1.54, 1.807) is 0 Å². The standard InChI is InChI=1S/C25H35N3O3/c1-19(2)28-10-7-23(8-11-28)31-24-6-5-20-17-22(4-3-21(20)18-24)25(29)26-9-12-27-13-15-30-16-14-27/h3-6,17-19,23H,7-16H2,1-2H3,(H,26,29). The first-order chi connectivity index (χ1) is 15.1. The van der Waals surface area contributed by atoms with Crippen molar-refractivity contribution in [3.05, 3.63) is 42.0 Å². The predicted molar refractivity (Wildman–Crippen MR) is 124 cm³/mol. The third kappa shape index (κ3) is 5.97. The molecule has 2 aromatic rings. The lowest BCUT2D eigenvalue weighted by atomic mass is 10.0. The molecule has 0 saturated carbocycles. The molecule has 0 atom stereocenters. The molecule has 2 saturated heterocycles. The van der Waals surface area contributed by atoms with Gasteiger partial charge in [0.1, 0.15) is 11.9 Å². The number of nitrogens with one attached hydrogen (secondary N) is 1. The largest absolute Gasteiger partial charge is 0.490 e. The first-order valence-electron chi connectivity index (χ1n) is 11.6.